The van der Waals surface area contributed by atoms with Crippen molar-refractivity contribution < 1.29 is 9.59 Å². The van der Waals surface area contributed by atoms with Crippen LogP contribution in [0.3, 0.4) is 0 Å². The highest BCUT2D eigenvalue weighted by Gasteiger charge is 2.37. The first kappa shape index (κ1) is 12.1. The fourth-order valence-electron chi connectivity index (χ4n) is 3.03. The molecule has 3 nitrogen and oxygen atoms in total. The Hall–Kier alpha value is -2.68. The standard InChI is InChI=1S/C18H13NO2/c20-17-15-10-9-13-7-3-4-8-14(13)16(15)18(21)19(17)11-12-5-1-2-6-12/h1-10,12H,11H2. The molecule has 1 aliphatic heterocycles. The van der Waals surface area contributed by atoms with Crippen molar-refractivity contribution in [2.75, 3.05) is 6.54 Å². The molecule has 2 amide bonds. The molecule has 3 heteroatoms. The molecule has 0 atom stereocenters. The smallest absolute Gasteiger partial charge is 0.262 e. The summed E-state index contributed by atoms with van der Waals surface area (Å²) in [5, 5.41) is 1.84. The van der Waals surface area contributed by atoms with E-state index in [0.717, 1.165) is 10.8 Å². The van der Waals surface area contributed by atoms with Gasteiger partial charge in [-0.05, 0) is 16.8 Å². The molecular formula is C18H13NO2. The third-order valence-electron chi connectivity index (χ3n) is 4.08. The van der Waals surface area contributed by atoms with E-state index in [1.807, 2.05) is 54.6 Å². The zero-order valence-corrected chi connectivity index (χ0v) is 11.3. The van der Waals surface area contributed by atoms with Crippen molar-refractivity contribution in [3.8, 4) is 0 Å². The molecule has 2 aliphatic rings. The highest BCUT2D eigenvalue weighted by Crippen LogP contribution is 2.31. The number of hydrogen-bond donors (Lipinski definition) is 0. The second-order valence-corrected chi connectivity index (χ2v) is 5.36. The Morgan fingerprint density at radius 2 is 1.67 bits per heavy atom. The SMILES string of the molecule is O=C1c2ccc3ccccc3c2C(=O)N1CC1C=CC=C1. The Bertz CT molecular complexity index is 820. The molecule has 21 heavy (non-hydrogen) atoms. The second kappa shape index (κ2) is 4.42. The third-order valence-corrected chi connectivity index (χ3v) is 4.08. The molecule has 0 saturated heterocycles. The number of hydrogen-bond acceptors (Lipinski definition) is 2. The average molecular weight is 275 g/mol. The molecule has 4 rings (SSSR count). The number of amides is 2. The van der Waals surface area contributed by atoms with Gasteiger partial charge in [0.15, 0.2) is 0 Å². The summed E-state index contributed by atoms with van der Waals surface area (Å²) in [6.45, 7) is 0.410. The Kier molecular flexibility index (Phi) is 2.54. The van der Waals surface area contributed by atoms with E-state index < -0.39 is 0 Å². The van der Waals surface area contributed by atoms with Crippen LogP contribution in [0.15, 0.2) is 60.7 Å². The lowest BCUT2D eigenvalue weighted by atomic mass is 10.0. The van der Waals surface area contributed by atoms with Crippen LogP contribution in [0.2, 0.25) is 0 Å². The van der Waals surface area contributed by atoms with E-state index in [1.54, 1.807) is 6.07 Å². The summed E-state index contributed by atoms with van der Waals surface area (Å²) in [7, 11) is 0. The molecule has 1 heterocycles. The summed E-state index contributed by atoms with van der Waals surface area (Å²) in [6.07, 6.45) is 7.89. The van der Waals surface area contributed by atoms with Crippen LogP contribution in [0.25, 0.3) is 10.8 Å². The van der Waals surface area contributed by atoms with Crippen LogP contribution in [-0.4, -0.2) is 23.3 Å². The van der Waals surface area contributed by atoms with E-state index in [9.17, 15) is 9.59 Å². The normalized spacial score (nSPS) is 17.2. The Labute approximate surface area is 122 Å². The van der Waals surface area contributed by atoms with E-state index in [1.165, 1.54) is 4.90 Å². The Morgan fingerprint density at radius 1 is 0.905 bits per heavy atom. The van der Waals surface area contributed by atoms with Gasteiger partial charge >= 0.3 is 0 Å². The van der Waals surface area contributed by atoms with Crippen LogP contribution in [0, 0.1) is 5.92 Å². The minimum atomic E-state index is -0.186. The first-order chi connectivity index (χ1) is 10.3. The topological polar surface area (TPSA) is 37.4 Å². The number of allylic oxidation sites excluding steroid dienone is 2. The van der Waals surface area contributed by atoms with Gasteiger partial charge < -0.3 is 0 Å². The van der Waals surface area contributed by atoms with Gasteiger partial charge in [-0.1, -0.05) is 54.6 Å². The molecule has 1 aliphatic carbocycles. The van der Waals surface area contributed by atoms with Gasteiger partial charge in [0.25, 0.3) is 11.8 Å². The van der Waals surface area contributed by atoms with Crippen molar-refractivity contribution in [2.24, 2.45) is 5.92 Å². The van der Waals surface area contributed by atoms with Crippen LogP contribution in [0.4, 0.5) is 0 Å². The zero-order valence-electron chi connectivity index (χ0n) is 11.3. The second-order valence-electron chi connectivity index (χ2n) is 5.36. The molecule has 102 valence electrons. The van der Waals surface area contributed by atoms with Gasteiger partial charge in [-0.2, -0.15) is 0 Å². The van der Waals surface area contributed by atoms with Gasteiger partial charge in [-0.3, -0.25) is 14.5 Å². The summed E-state index contributed by atoms with van der Waals surface area (Å²) < 4.78 is 0. The van der Waals surface area contributed by atoms with Crippen LogP contribution in [0.5, 0.6) is 0 Å². The van der Waals surface area contributed by atoms with Crippen LogP contribution < -0.4 is 0 Å². The summed E-state index contributed by atoms with van der Waals surface area (Å²) in [5.41, 5.74) is 1.06. The summed E-state index contributed by atoms with van der Waals surface area (Å²) in [5.74, 6) is -0.242. The first-order valence-corrected chi connectivity index (χ1v) is 6.98. The van der Waals surface area contributed by atoms with E-state index in [2.05, 4.69) is 0 Å². The highest BCUT2D eigenvalue weighted by molar-refractivity contribution is 6.26. The quantitative estimate of drug-likeness (QED) is 0.789. The van der Waals surface area contributed by atoms with E-state index in [4.69, 9.17) is 0 Å². The Balaban J connectivity index is 1.80. The van der Waals surface area contributed by atoms with Gasteiger partial charge in [0.05, 0.1) is 11.1 Å². The van der Waals surface area contributed by atoms with Crippen molar-refractivity contribution in [3.63, 3.8) is 0 Å². The van der Waals surface area contributed by atoms with Crippen LogP contribution in [-0.2, 0) is 0 Å². The maximum Gasteiger partial charge on any atom is 0.262 e. The fraction of sp³-hybridized carbons (Fsp3) is 0.111. The number of carbonyl (C=O) groups excluding carboxylic acids is 2. The maximum atomic E-state index is 12.7. The lowest BCUT2D eigenvalue weighted by molar-refractivity contribution is 0.0647. The van der Waals surface area contributed by atoms with Crippen molar-refractivity contribution in [3.05, 3.63) is 71.8 Å². The van der Waals surface area contributed by atoms with E-state index in [0.29, 0.717) is 17.7 Å². The minimum Gasteiger partial charge on any atom is -0.273 e. The number of nitrogens with zero attached hydrogens (tertiary/aromatic N) is 1. The molecule has 2 aromatic carbocycles. The van der Waals surface area contributed by atoms with Crippen molar-refractivity contribution >= 4 is 22.6 Å². The van der Waals surface area contributed by atoms with Crippen molar-refractivity contribution in [1.29, 1.82) is 0 Å². The van der Waals surface area contributed by atoms with Gasteiger partial charge in [0.2, 0.25) is 0 Å². The van der Waals surface area contributed by atoms with Crippen molar-refractivity contribution in [2.45, 2.75) is 0 Å². The molecule has 2 aromatic rings. The highest BCUT2D eigenvalue weighted by atomic mass is 16.2. The molecule has 0 saturated carbocycles. The van der Waals surface area contributed by atoms with E-state index >= 15 is 0 Å². The van der Waals surface area contributed by atoms with Crippen molar-refractivity contribution in [1.82, 2.24) is 4.90 Å². The molecular weight excluding hydrogens is 262 g/mol. The van der Waals surface area contributed by atoms with E-state index in [-0.39, 0.29) is 17.7 Å². The largest absolute Gasteiger partial charge is 0.273 e. The number of carbonyl (C=O) groups is 2. The fourth-order valence-corrected chi connectivity index (χ4v) is 3.03. The molecule has 0 unspecified atom stereocenters. The number of imide groups is 1. The predicted molar refractivity (Wildman–Crippen MR) is 81.1 cm³/mol. The average Bonchev–Trinajstić information content (AvgIpc) is 3.10. The molecule has 0 N–H and O–H groups in total. The summed E-state index contributed by atoms with van der Waals surface area (Å²) in [6, 6.07) is 11.3. The van der Waals surface area contributed by atoms with Gasteiger partial charge in [-0.25, -0.2) is 0 Å². The van der Waals surface area contributed by atoms with Gasteiger partial charge in [0.1, 0.15) is 0 Å². The zero-order chi connectivity index (χ0) is 14.4. The molecule has 0 fully saturated rings. The lowest BCUT2D eigenvalue weighted by Gasteiger charge is -2.16. The van der Waals surface area contributed by atoms with Gasteiger partial charge in [-0.15, -0.1) is 0 Å². The number of benzene rings is 2. The number of rotatable bonds is 2. The monoisotopic (exact) mass is 275 g/mol. The Morgan fingerprint density at radius 3 is 2.48 bits per heavy atom. The summed E-state index contributed by atoms with van der Waals surface area (Å²) >= 11 is 0. The first-order valence-electron chi connectivity index (χ1n) is 6.98. The maximum absolute atomic E-state index is 12.7. The molecule has 0 radical (unpaired) electrons. The molecule has 0 aromatic heterocycles. The molecule has 0 bridgehead atoms. The molecule has 0 spiro atoms. The third kappa shape index (κ3) is 1.74. The number of fused-ring (bicyclic) bond motifs is 3. The summed E-state index contributed by atoms with van der Waals surface area (Å²) in [4.78, 5) is 26.5. The lowest BCUT2D eigenvalue weighted by Crippen LogP contribution is -2.33. The van der Waals surface area contributed by atoms with Crippen LogP contribution in [0.1, 0.15) is 20.7 Å². The van der Waals surface area contributed by atoms with Crippen LogP contribution >= 0.6 is 0 Å². The predicted octanol–water partition coefficient (Wildman–Crippen LogP) is 3.18. The minimum absolute atomic E-state index is 0.124. The van der Waals surface area contributed by atoms with Gasteiger partial charge in [0, 0.05) is 12.5 Å².